The third-order valence-corrected chi connectivity index (χ3v) is 4.69. The molecule has 0 saturated carbocycles. The van der Waals surface area contributed by atoms with E-state index in [1.54, 1.807) is 18.2 Å². The Bertz CT molecular complexity index is 813. The van der Waals surface area contributed by atoms with Crippen molar-refractivity contribution in [1.82, 2.24) is 10.2 Å². The average molecular weight is 390 g/mol. The Balaban J connectivity index is 1.63. The average Bonchev–Trinajstić information content (AvgIpc) is 3.33. The first-order chi connectivity index (χ1) is 13.5. The van der Waals surface area contributed by atoms with Gasteiger partial charge in [0.1, 0.15) is 17.3 Å². The summed E-state index contributed by atoms with van der Waals surface area (Å²) < 4.78 is 35.2. The first kappa shape index (κ1) is 20.1. The predicted molar refractivity (Wildman–Crippen MR) is 102 cm³/mol. The van der Waals surface area contributed by atoms with Crippen LogP contribution in [0.2, 0.25) is 0 Å². The number of halogens is 2. The van der Waals surface area contributed by atoms with Crippen LogP contribution in [0.4, 0.5) is 8.78 Å². The van der Waals surface area contributed by atoms with E-state index in [1.165, 1.54) is 18.2 Å². The van der Waals surface area contributed by atoms with E-state index in [9.17, 15) is 13.6 Å². The zero-order chi connectivity index (χ0) is 19.9. The summed E-state index contributed by atoms with van der Waals surface area (Å²) in [7, 11) is 0. The number of likely N-dealkylation sites (tertiary alicyclic amines) is 1. The number of aryl methyl sites for hydroxylation is 1. The van der Waals surface area contributed by atoms with Crippen molar-refractivity contribution in [3.8, 4) is 5.75 Å². The number of furan rings is 1. The van der Waals surface area contributed by atoms with Gasteiger partial charge in [-0.2, -0.15) is 8.78 Å². The van der Waals surface area contributed by atoms with Gasteiger partial charge < -0.3 is 14.5 Å². The highest BCUT2D eigenvalue weighted by Gasteiger charge is 2.26. The van der Waals surface area contributed by atoms with Crippen LogP contribution in [0.15, 0.2) is 46.9 Å². The lowest BCUT2D eigenvalue weighted by Crippen LogP contribution is -2.36. The van der Waals surface area contributed by atoms with Gasteiger partial charge >= 0.3 is 6.61 Å². The van der Waals surface area contributed by atoms with Crippen molar-refractivity contribution in [2.45, 2.75) is 32.4 Å². The summed E-state index contributed by atoms with van der Waals surface area (Å²) in [5.74, 6) is 1.39. The zero-order valence-electron chi connectivity index (χ0n) is 15.7. The maximum Gasteiger partial charge on any atom is 0.387 e. The van der Waals surface area contributed by atoms with Gasteiger partial charge in [0.25, 0.3) is 0 Å². The Labute approximate surface area is 163 Å². The van der Waals surface area contributed by atoms with Crippen LogP contribution in [0, 0.1) is 6.92 Å². The second-order valence-electron chi connectivity index (χ2n) is 6.70. The lowest BCUT2D eigenvalue weighted by atomic mass is 10.1. The number of nitrogens with one attached hydrogen (secondary N) is 1. The van der Waals surface area contributed by atoms with Gasteiger partial charge in [0.05, 0.1) is 6.04 Å². The van der Waals surface area contributed by atoms with E-state index in [2.05, 4.69) is 15.0 Å². The van der Waals surface area contributed by atoms with Crippen molar-refractivity contribution in [3.63, 3.8) is 0 Å². The molecule has 7 heteroatoms. The molecular weight excluding hydrogens is 366 g/mol. The van der Waals surface area contributed by atoms with Gasteiger partial charge in [0.2, 0.25) is 5.91 Å². The lowest BCUT2D eigenvalue weighted by Gasteiger charge is -2.25. The Morgan fingerprint density at radius 3 is 2.68 bits per heavy atom. The van der Waals surface area contributed by atoms with E-state index in [-0.39, 0.29) is 17.7 Å². The summed E-state index contributed by atoms with van der Waals surface area (Å²) >= 11 is 0. The molecule has 1 fully saturated rings. The molecule has 1 amide bonds. The maximum absolute atomic E-state index is 12.5. The normalized spacial score (nSPS) is 16.0. The minimum absolute atomic E-state index is 0.0250. The number of hydrogen-bond acceptors (Lipinski definition) is 4. The van der Waals surface area contributed by atoms with Crippen LogP contribution < -0.4 is 10.1 Å². The fourth-order valence-electron chi connectivity index (χ4n) is 3.34. The first-order valence-corrected chi connectivity index (χ1v) is 9.33. The van der Waals surface area contributed by atoms with Crippen molar-refractivity contribution in [1.29, 1.82) is 0 Å². The zero-order valence-corrected chi connectivity index (χ0v) is 15.7. The smallest absolute Gasteiger partial charge is 0.387 e. The topological polar surface area (TPSA) is 54.7 Å². The maximum atomic E-state index is 12.5. The second-order valence-corrected chi connectivity index (χ2v) is 6.70. The molecule has 0 spiro atoms. The molecule has 0 radical (unpaired) electrons. The molecule has 1 aromatic carbocycles. The summed E-state index contributed by atoms with van der Waals surface area (Å²) in [5.41, 5.74) is 0.413. The summed E-state index contributed by atoms with van der Waals surface area (Å²) in [6, 6.07) is 10.2. The highest BCUT2D eigenvalue weighted by molar-refractivity contribution is 5.92. The van der Waals surface area contributed by atoms with Gasteiger partial charge in [0.15, 0.2) is 0 Å². The molecule has 0 bridgehead atoms. The number of alkyl halides is 2. The van der Waals surface area contributed by atoms with E-state index < -0.39 is 6.61 Å². The number of carbonyl (C=O) groups is 1. The van der Waals surface area contributed by atoms with Crippen LogP contribution in [0.3, 0.4) is 0 Å². The summed E-state index contributed by atoms with van der Waals surface area (Å²) in [5, 5.41) is 2.88. The lowest BCUT2D eigenvalue weighted by molar-refractivity contribution is -0.116. The van der Waals surface area contributed by atoms with Gasteiger partial charge in [-0.1, -0.05) is 18.2 Å². The van der Waals surface area contributed by atoms with Crippen LogP contribution in [0.25, 0.3) is 6.08 Å². The van der Waals surface area contributed by atoms with Crippen molar-refractivity contribution < 1.29 is 22.7 Å². The predicted octanol–water partition coefficient (Wildman–Crippen LogP) is 4.16. The van der Waals surface area contributed by atoms with Gasteiger partial charge in [-0.25, -0.2) is 0 Å². The van der Waals surface area contributed by atoms with E-state index >= 15 is 0 Å². The van der Waals surface area contributed by atoms with Gasteiger partial charge in [0, 0.05) is 18.2 Å². The summed E-state index contributed by atoms with van der Waals surface area (Å²) in [4.78, 5) is 14.6. The Hall–Kier alpha value is -2.67. The molecule has 1 saturated heterocycles. The number of ether oxygens (including phenoxy) is 1. The highest BCUT2D eigenvalue weighted by Crippen LogP contribution is 2.26. The molecule has 0 unspecified atom stereocenters. The van der Waals surface area contributed by atoms with Crippen LogP contribution >= 0.6 is 0 Å². The number of para-hydroxylation sites is 1. The van der Waals surface area contributed by atoms with Gasteiger partial charge in [-0.15, -0.1) is 0 Å². The van der Waals surface area contributed by atoms with Gasteiger partial charge in [-0.3, -0.25) is 9.69 Å². The number of hydrogen-bond donors (Lipinski definition) is 1. The van der Waals surface area contributed by atoms with Crippen LogP contribution in [-0.4, -0.2) is 37.1 Å². The second kappa shape index (κ2) is 9.50. The first-order valence-electron chi connectivity index (χ1n) is 9.33. The van der Waals surface area contributed by atoms with Crippen LogP contribution in [0.5, 0.6) is 5.75 Å². The molecule has 2 aromatic rings. The van der Waals surface area contributed by atoms with Crippen molar-refractivity contribution in [2.24, 2.45) is 0 Å². The van der Waals surface area contributed by atoms with E-state index in [0.29, 0.717) is 12.1 Å². The monoisotopic (exact) mass is 390 g/mol. The number of rotatable bonds is 8. The quantitative estimate of drug-likeness (QED) is 0.688. The largest absolute Gasteiger partial charge is 0.465 e. The van der Waals surface area contributed by atoms with E-state index in [0.717, 1.165) is 37.5 Å². The highest BCUT2D eigenvalue weighted by atomic mass is 19.3. The molecule has 28 heavy (non-hydrogen) atoms. The molecule has 0 aliphatic carbocycles. The number of carbonyl (C=O) groups excluding carboxylic acids is 1. The van der Waals surface area contributed by atoms with Crippen molar-refractivity contribution in [2.75, 3.05) is 19.6 Å². The Morgan fingerprint density at radius 1 is 1.25 bits per heavy atom. The van der Waals surface area contributed by atoms with Crippen LogP contribution in [-0.2, 0) is 4.79 Å². The molecule has 1 atom stereocenters. The van der Waals surface area contributed by atoms with Gasteiger partial charge in [-0.05, 0) is 57.1 Å². The standard InChI is InChI=1S/C21H24F2N2O3/c1-15-8-10-19(27-15)17(25-12-4-5-13-25)14-24-20(26)11-9-16-6-2-3-7-18(16)28-21(22)23/h2-3,6-11,17,21H,4-5,12-14H2,1H3,(H,24,26)/b11-9+/t17-/m0/s1. The third-order valence-electron chi connectivity index (χ3n) is 4.69. The third kappa shape index (κ3) is 5.42. The molecular formula is C21H24F2N2O3. The summed E-state index contributed by atoms with van der Waals surface area (Å²) in [6.07, 6.45) is 5.05. The molecule has 1 N–H and O–H groups in total. The number of amides is 1. The van der Waals surface area contributed by atoms with E-state index in [4.69, 9.17) is 4.42 Å². The number of benzene rings is 1. The van der Waals surface area contributed by atoms with E-state index in [1.807, 2.05) is 19.1 Å². The number of nitrogens with zero attached hydrogens (tertiary/aromatic N) is 1. The molecule has 5 nitrogen and oxygen atoms in total. The SMILES string of the molecule is Cc1ccc([C@H](CNC(=O)/C=C/c2ccccc2OC(F)F)N2CCCC2)o1. The molecule has 1 aliphatic heterocycles. The van der Waals surface area contributed by atoms with Crippen molar-refractivity contribution in [3.05, 3.63) is 59.6 Å². The molecule has 1 aromatic heterocycles. The molecule has 2 heterocycles. The van der Waals surface area contributed by atoms with Crippen molar-refractivity contribution >= 4 is 12.0 Å². The molecule has 150 valence electrons. The minimum Gasteiger partial charge on any atom is -0.465 e. The molecule has 1 aliphatic rings. The Kier molecular flexibility index (Phi) is 6.81. The van der Waals surface area contributed by atoms with Crippen LogP contribution in [0.1, 0.15) is 36.0 Å². The summed E-state index contributed by atoms with van der Waals surface area (Å²) in [6.45, 7) is 1.32. The molecule has 3 rings (SSSR count). The minimum atomic E-state index is -2.92. The Morgan fingerprint density at radius 2 is 2.00 bits per heavy atom. The fourth-order valence-corrected chi connectivity index (χ4v) is 3.34. The fraction of sp³-hybridized carbons (Fsp3) is 0.381.